The van der Waals surface area contributed by atoms with Crippen molar-refractivity contribution >= 4 is 5.82 Å². The van der Waals surface area contributed by atoms with Gasteiger partial charge in [0.1, 0.15) is 12.1 Å². The van der Waals surface area contributed by atoms with Gasteiger partial charge in [0.2, 0.25) is 0 Å². The Morgan fingerprint density at radius 1 is 1.13 bits per heavy atom. The topological polar surface area (TPSA) is 32.3 Å². The third kappa shape index (κ3) is 2.61. The van der Waals surface area contributed by atoms with Gasteiger partial charge >= 0.3 is 0 Å². The molecule has 0 saturated carbocycles. The Balaban J connectivity index is 1.74. The Labute approximate surface area is 138 Å². The van der Waals surface area contributed by atoms with Gasteiger partial charge in [-0.15, -0.1) is 0 Å². The van der Waals surface area contributed by atoms with Gasteiger partial charge in [-0.3, -0.25) is 0 Å². The number of likely N-dealkylation sites (N-methyl/N-ethyl adjacent to an activating group) is 1. The minimum absolute atomic E-state index is 0.447. The zero-order chi connectivity index (χ0) is 15.8. The molecule has 0 radical (unpaired) electrons. The second-order valence-electron chi connectivity index (χ2n) is 6.82. The van der Waals surface area contributed by atoms with Crippen LogP contribution >= 0.6 is 0 Å². The first-order chi connectivity index (χ1) is 11.2. The van der Waals surface area contributed by atoms with Crippen molar-refractivity contribution in [1.82, 2.24) is 14.9 Å². The summed E-state index contributed by atoms with van der Waals surface area (Å²) in [5.74, 6) is 1.16. The molecule has 0 N–H and O–H groups in total. The van der Waals surface area contributed by atoms with E-state index < -0.39 is 0 Å². The van der Waals surface area contributed by atoms with Crippen molar-refractivity contribution in [2.24, 2.45) is 0 Å². The summed E-state index contributed by atoms with van der Waals surface area (Å²) in [5.41, 5.74) is 5.40. The van der Waals surface area contributed by atoms with E-state index in [1.54, 1.807) is 6.33 Å². The van der Waals surface area contributed by atoms with Crippen molar-refractivity contribution < 1.29 is 0 Å². The lowest BCUT2D eigenvalue weighted by atomic mass is 9.98. The van der Waals surface area contributed by atoms with Gasteiger partial charge in [0, 0.05) is 31.6 Å². The highest BCUT2D eigenvalue weighted by Crippen LogP contribution is 2.39. The summed E-state index contributed by atoms with van der Waals surface area (Å²) >= 11 is 0. The van der Waals surface area contributed by atoms with E-state index in [0.29, 0.717) is 6.04 Å². The van der Waals surface area contributed by atoms with Gasteiger partial charge < -0.3 is 9.80 Å². The summed E-state index contributed by atoms with van der Waals surface area (Å²) in [6, 6.07) is 9.22. The Kier molecular flexibility index (Phi) is 3.77. The van der Waals surface area contributed by atoms with Gasteiger partial charge in [0.25, 0.3) is 0 Å². The first-order valence-corrected chi connectivity index (χ1v) is 8.57. The molecular weight excluding hydrogens is 284 g/mol. The lowest BCUT2D eigenvalue weighted by Crippen LogP contribution is -2.32. The first kappa shape index (κ1) is 14.6. The molecule has 2 aromatic rings. The van der Waals surface area contributed by atoms with Crippen LogP contribution in [-0.4, -0.2) is 35.0 Å². The molecule has 4 heteroatoms. The number of hydrogen-bond donors (Lipinski definition) is 0. The number of hydrogen-bond acceptors (Lipinski definition) is 4. The van der Waals surface area contributed by atoms with Gasteiger partial charge in [-0.2, -0.15) is 0 Å². The lowest BCUT2D eigenvalue weighted by Gasteiger charge is -2.32. The highest BCUT2D eigenvalue weighted by molar-refractivity contribution is 5.53. The summed E-state index contributed by atoms with van der Waals surface area (Å²) in [6.45, 7) is 5.36. The molecule has 0 amide bonds. The second-order valence-corrected chi connectivity index (χ2v) is 6.82. The third-order valence-corrected chi connectivity index (χ3v) is 5.24. The molecular formula is C19H24N4. The molecule has 4 nitrogen and oxygen atoms in total. The van der Waals surface area contributed by atoms with Crippen molar-refractivity contribution in [2.75, 3.05) is 25.0 Å². The number of rotatable bonds is 2. The Bertz CT molecular complexity index is 712. The molecule has 0 aliphatic carbocycles. The van der Waals surface area contributed by atoms with E-state index in [-0.39, 0.29) is 0 Å². The Morgan fingerprint density at radius 3 is 2.87 bits per heavy atom. The molecule has 4 rings (SSSR count). The van der Waals surface area contributed by atoms with Gasteiger partial charge in [0.05, 0.1) is 11.7 Å². The van der Waals surface area contributed by atoms with Gasteiger partial charge in [-0.25, -0.2) is 9.97 Å². The van der Waals surface area contributed by atoms with Crippen LogP contribution in [0.3, 0.4) is 0 Å². The molecule has 0 bridgehead atoms. The third-order valence-electron chi connectivity index (χ3n) is 5.24. The van der Waals surface area contributed by atoms with E-state index in [2.05, 4.69) is 53.0 Å². The van der Waals surface area contributed by atoms with Gasteiger partial charge in [-0.05, 0) is 37.9 Å². The lowest BCUT2D eigenvalue weighted by molar-refractivity contribution is 0.309. The van der Waals surface area contributed by atoms with Crippen LogP contribution in [0.1, 0.15) is 41.3 Å². The van der Waals surface area contributed by atoms with Crippen LogP contribution in [0.2, 0.25) is 0 Å². The number of aromatic nitrogens is 2. The number of fused-ring (bicyclic) bond motifs is 1. The molecule has 1 saturated heterocycles. The van der Waals surface area contributed by atoms with Crippen LogP contribution in [0.15, 0.2) is 30.6 Å². The van der Waals surface area contributed by atoms with Crippen molar-refractivity contribution in [3.63, 3.8) is 0 Å². The summed E-state index contributed by atoms with van der Waals surface area (Å²) in [7, 11) is 2.18. The molecule has 2 aliphatic heterocycles. The van der Waals surface area contributed by atoms with E-state index in [1.165, 1.54) is 35.2 Å². The predicted molar refractivity (Wildman–Crippen MR) is 92.6 cm³/mol. The maximum Gasteiger partial charge on any atom is 0.137 e. The van der Waals surface area contributed by atoms with Crippen molar-refractivity contribution in [1.29, 1.82) is 0 Å². The molecule has 3 heterocycles. The SMILES string of the molecule is Cc1ccccc1[C@H]1CCCN1c1ncnc2c1CN(C)CC2. The van der Waals surface area contributed by atoms with E-state index in [0.717, 1.165) is 31.9 Å². The molecule has 0 spiro atoms. The minimum atomic E-state index is 0.447. The molecule has 120 valence electrons. The van der Waals surface area contributed by atoms with Crippen LogP contribution in [0, 0.1) is 6.92 Å². The summed E-state index contributed by atoms with van der Waals surface area (Å²) in [6.07, 6.45) is 5.23. The van der Waals surface area contributed by atoms with Crippen LogP contribution in [0.25, 0.3) is 0 Å². The molecule has 0 unspecified atom stereocenters. The number of nitrogens with zero attached hydrogens (tertiary/aromatic N) is 4. The number of benzene rings is 1. The fraction of sp³-hybridized carbons (Fsp3) is 0.474. The fourth-order valence-corrected chi connectivity index (χ4v) is 4.01. The predicted octanol–water partition coefficient (Wildman–Crippen LogP) is 3.11. The molecule has 1 aromatic carbocycles. The highest BCUT2D eigenvalue weighted by Gasteiger charge is 2.31. The Morgan fingerprint density at radius 2 is 2.00 bits per heavy atom. The summed E-state index contributed by atoms with van der Waals surface area (Å²) < 4.78 is 0. The maximum atomic E-state index is 4.70. The molecule has 1 fully saturated rings. The second kappa shape index (κ2) is 5.93. The highest BCUT2D eigenvalue weighted by atomic mass is 15.2. The van der Waals surface area contributed by atoms with Crippen LogP contribution in [0.5, 0.6) is 0 Å². The molecule has 2 aliphatic rings. The number of anilines is 1. The quantitative estimate of drug-likeness (QED) is 0.853. The monoisotopic (exact) mass is 308 g/mol. The summed E-state index contributed by atoms with van der Waals surface area (Å²) in [5, 5.41) is 0. The van der Waals surface area contributed by atoms with Gasteiger partial charge in [0.15, 0.2) is 0 Å². The average Bonchev–Trinajstić information content (AvgIpc) is 3.04. The Hall–Kier alpha value is -1.94. The zero-order valence-electron chi connectivity index (χ0n) is 14.0. The number of aryl methyl sites for hydroxylation is 1. The zero-order valence-corrected chi connectivity index (χ0v) is 14.0. The van der Waals surface area contributed by atoms with E-state index >= 15 is 0 Å². The van der Waals surface area contributed by atoms with E-state index in [9.17, 15) is 0 Å². The smallest absolute Gasteiger partial charge is 0.137 e. The molecule has 1 aromatic heterocycles. The first-order valence-electron chi connectivity index (χ1n) is 8.57. The maximum absolute atomic E-state index is 4.70. The standard InChI is InChI=1S/C19H24N4/c1-14-6-3-4-7-15(14)18-8-5-10-23(18)19-16-12-22(2)11-9-17(16)20-13-21-19/h3-4,6-7,13,18H,5,8-12H2,1-2H3/t18-/m1/s1. The van der Waals surface area contributed by atoms with E-state index in [4.69, 9.17) is 4.98 Å². The van der Waals surface area contributed by atoms with Gasteiger partial charge in [-0.1, -0.05) is 24.3 Å². The van der Waals surface area contributed by atoms with Crippen molar-refractivity contribution in [2.45, 2.75) is 38.8 Å². The minimum Gasteiger partial charge on any atom is -0.349 e. The van der Waals surface area contributed by atoms with Crippen LogP contribution in [0.4, 0.5) is 5.82 Å². The normalized spacial score (nSPS) is 21.5. The van der Waals surface area contributed by atoms with Crippen LogP contribution < -0.4 is 4.90 Å². The van der Waals surface area contributed by atoms with E-state index in [1.807, 2.05) is 0 Å². The van der Waals surface area contributed by atoms with Crippen LogP contribution in [-0.2, 0) is 13.0 Å². The largest absolute Gasteiger partial charge is 0.349 e. The average molecular weight is 308 g/mol. The van der Waals surface area contributed by atoms with Crippen molar-refractivity contribution in [3.05, 3.63) is 53.0 Å². The van der Waals surface area contributed by atoms with Crippen molar-refractivity contribution in [3.8, 4) is 0 Å². The fourth-order valence-electron chi connectivity index (χ4n) is 4.01. The molecule has 23 heavy (non-hydrogen) atoms. The summed E-state index contributed by atoms with van der Waals surface area (Å²) in [4.78, 5) is 14.1. The molecule has 1 atom stereocenters.